The van der Waals surface area contributed by atoms with E-state index in [1.165, 1.54) is 12.1 Å². The van der Waals surface area contributed by atoms with Crippen molar-refractivity contribution in [1.29, 1.82) is 0 Å². The molecule has 2 rings (SSSR count). The molecule has 134 valence electrons. The lowest BCUT2D eigenvalue weighted by Crippen LogP contribution is -2.21. The van der Waals surface area contributed by atoms with E-state index in [0.29, 0.717) is 22.0 Å². The van der Waals surface area contributed by atoms with Gasteiger partial charge in [0.1, 0.15) is 17.6 Å². The third kappa shape index (κ3) is 5.89. The number of carbonyl (C=O) groups excluding carboxylic acids is 1. The van der Waals surface area contributed by atoms with Gasteiger partial charge in [-0.2, -0.15) is 0 Å². The van der Waals surface area contributed by atoms with Crippen molar-refractivity contribution >= 4 is 58.2 Å². The molecule has 0 aliphatic heterocycles. The summed E-state index contributed by atoms with van der Waals surface area (Å²) in [6.07, 6.45) is -0.941. The molecule has 1 heterocycles. The average molecular weight is 426 g/mol. The van der Waals surface area contributed by atoms with Crippen LogP contribution in [0.2, 0.25) is 5.15 Å². The number of rotatable bonds is 3. The molecular formula is C16H13Cl4FN2O2. The zero-order valence-corrected chi connectivity index (χ0v) is 16.2. The smallest absolute Gasteiger partial charge is 0.411 e. The molecule has 1 amide bonds. The molecule has 0 saturated heterocycles. The van der Waals surface area contributed by atoms with E-state index in [0.717, 1.165) is 5.56 Å². The van der Waals surface area contributed by atoms with E-state index in [1.54, 1.807) is 26.0 Å². The lowest BCUT2D eigenvalue weighted by Gasteiger charge is -2.14. The minimum atomic E-state index is -1.75. The summed E-state index contributed by atoms with van der Waals surface area (Å²) in [5, 5.41) is 2.60. The van der Waals surface area contributed by atoms with Crippen molar-refractivity contribution in [2.75, 3.05) is 11.9 Å². The number of pyridine rings is 1. The number of nitrogens with zero attached hydrogens (tertiary/aromatic N) is 1. The molecule has 1 aromatic carbocycles. The van der Waals surface area contributed by atoms with Crippen LogP contribution in [0.4, 0.5) is 14.9 Å². The molecule has 0 bridgehead atoms. The summed E-state index contributed by atoms with van der Waals surface area (Å²) >= 11 is 22.5. The Morgan fingerprint density at radius 2 is 1.92 bits per heavy atom. The molecule has 0 radical (unpaired) electrons. The van der Waals surface area contributed by atoms with Crippen molar-refractivity contribution in [3.8, 4) is 11.1 Å². The standard InChI is InChI=1S/C16H13Cl4FN2O2/c1-8-3-12(21)13(23-15(24)25-7-16(18,19)20)6-11(8)10-4-9(2)22-14(17)5-10/h3-6H,7H2,1-2H3,(H,23,24). The van der Waals surface area contributed by atoms with Crippen LogP contribution in [0.3, 0.4) is 0 Å². The van der Waals surface area contributed by atoms with Crippen LogP contribution in [0, 0.1) is 19.7 Å². The van der Waals surface area contributed by atoms with E-state index < -0.39 is 22.3 Å². The zero-order valence-electron chi connectivity index (χ0n) is 13.2. The van der Waals surface area contributed by atoms with Crippen molar-refractivity contribution in [3.05, 3.63) is 46.5 Å². The average Bonchev–Trinajstić information content (AvgIpc) is 2.46. The molecular weight excluding hydrogens is 413 g/mol. The minimum Gasteiger partial charge on any atom is -0.445 e. The lowest BCUT2D eigenvalue weighted by atomic mass is 10.00. The van der Waals surface area contributed by atoms with Crippen molar-refractivity contribution in [2.24, 2.45) is 0 Å². The number of anilines is 1. The van der Waals surface area contributed by atoms with E-state index in [9.17, 15) is 9.18 Å². The number of ether oxygens (including phenoxy) is 1. The maximum atomic E-state index is 14.2. The molecule has 25 heavy (non-hydrogen) atoms. The fraction of sp³-hybridized carbons (Fsp3) is 0.250. The summed E-state index contributed by atoms with van der Waals surface area (Å²) in [5.41, 5.74) is 2.74. The van der Waals surface area contributed by atoms with E-state index in [4.69, 9.17) is 51.1 Å². The first kappa shape index (κ1) is 20.0. The van der Waals surface area contributed by atoms with Crippen LogP contribution in [0.5, 0.6) is 0 Å². The van der Waals surface area contributed by atoms with E-state index in [2.05, 4.69) is 10.3 Å². The Kier molecular flexibility index (Phi) is 6.38. The number of hydrogen-bond donors (Lipinski definition) is 1. The first-order chi connectivity index (χ1) is 11.5. The van der Waals surface area contributed by atoms with Crippen LogP contribution in [0.15, 0.2) is 24.3 Å². The Morgan fingerprint density at radius 3 is 2.52 bits per heavy atom. The highest BCUT2D eigenvalue weighted by Gasteiger charge is 2.22. The predicted octanol–water partition coefficient (Wildman–Crippen LogP) is 6.08. The first-order valence-electron chi connectivity index (χ1n) is 7.00. The Morgan fingerprint density at radius 1 is 1.24 bits per heavy atom. The molecule has 0 spiro atoms. The fourth-order valence-electron chi connectivity index (χ4n) is 2.16. The van der Waals surface area contributed by atoms with E-state index >= 15 is 0 Å². The molecule has 0 atom stereocenters. The number of nitrogens with one attached hydrogen (secondary N) is 1. The summed E-state index contributed by atoms with van der Waals surface area (Å²) in [5.74, 6) is -0.621. The van der Waals surface area contributed by atoms with Gasteiger partial charge in [0.15, 0.2) is 0 Å². The molecule has 1 N–H and O–H groups in total. The van der Waals surface area contributed by atoms with E-state index in [1.807, 2.05) is 0 Å². The highest BCUT2D eigenvalue weighted by Crippen LogP contribution is 2.31. The van der Waals surface area contributed by atoms with Crippen LogP contribution >= 0.6 is 46.4 Å². The zero-order chi connectivity index (χ0) is 18.8. The first-order valence-corrected chi connectivity index (χ1v) is 8.51. The summed E-state index contributed by atoms with van der Waals surface area (Å²) in [6.45, 7) is 3.07. The van der Waals surface area contributed by atoms with E-state index in [-0.39, 0.29) is 5.69 Å². The second-order valence-electron chi connectivity index (χ2n) is 5.28. The number of aromatic nitrogens is 1. The van der Waals surface area contributed by atoms with Crippen molar-refractivity contribution < 1.29 is 13.9 Å². The molecule has 0 fully saturated rings. The van der Waals surface area contributed by atoms with Crippen LogP contribution in [0.25, 0.3) is 11.1 Å². The number of halogens is 5. The van der Waals surface area contributed by atoms with Gasteiger partial charge >= 0.3 is 6.09 Å². The highest BCUT2D eigenvalue weighted by atomic mass is 35.6. The van der Waals surface area contributed by atoms with Crippen LogP contribution < -0.4 is 5.32 Å². The molecule has 0 unspecified atom stereocenters. The molecule has 0 aliphatic carbocycles. The molecule has 9 heteroatoms. The maximum Gasteiger partial charge on any atom is 0.411 e. The van der Waals surface area contributed by atoms with Crippen LogP contribution in [-0.2, 0) is 4.74 Å². The summed E-state index contributed by atoms with van der Waals surface area (Å²) in [4.78, 5) is 15.8. The van der Waals surface area contributed by atoms with Crippen molar-refractivity contribution in [3.63, 3.8) is 0 Å². The molecule has 4 nitrogen and oxygen atoms in total. The number of alkyl halides is 3. The number of carbonyl (C=O) groups is 1. The normalized spacial score (nSPS) is 11.3. The Labute approximate surface area is 164 Å². The van der Waals surface area contributed by atoms with Crippen LogP contribution in [-0.4, -0.2) is 21.5 Å². The molecule has 2 aromatic rings. The third-order valence-corrected chi connectivity index (χ3v) is 3.67. The molecule has 0 aliphatic rings. The quantitative estimate of drug-likeness (QED) is 0.479. The SMILES string of the molecule is Cc1cc(-c2cc(NC(=O)OCC(Cl)(Cl)Cl)c(F)cc2C)cc(Cl)n1. The van der Waals surface area contributed by atoms with Gasteiger partial charge in [-0.25, -0.2) is 14.2 Å². The second kappa shape index (κ2) is 7.96. The van der Waals surface area contributed by atoms with Gasteiger partial charge in [0, 0.05) is 5.69 Å². The van der Waals surface area contributed by atoms with Crippen LogP contribution in [0.1, 0.15) is 11.3 Å². The molecule has 0 saturated carbocycles. The van der Waals surface area contributed by atoms with Gasteiger partial charge in [-0.3, -0.25) is 5.32 Å². The largest absolute Gasteiger partial charge is 0.445 e. The topological polar surface area (TPSA) is 51.2 Å². The number of amides is 1. The lowest BCUT2D eigenvalue weighted by molar-refractivity contribution is 0.164. The van der Waals surface area contributed by atoms with Gasteiger partial charge in [-0.05, 0) is 54.8 Å². The van der Waals surface area contributed by atoms with Gasteiger partial charge in [-0.1, -0.05) is 46.4 Å². The third-order valence-electron chi connectivity index (χ3n) is 3.15. The van der Waals surface area contributed by atoms with Crippen molar-refractivity contribution in [1.82, 2.24) is 4.98 Å². The van der Waals surface area contributed by atoms with Gasteiger partial charge < -0.3 is 4.74 Å². The van der Waals surface area contributed by atoms with Gasteiger partial charge in [0.25, 0.3) is 0 Å². The summed E-state index contributed by atoms with van der Waals surface area (Å²) in [6, 6.07) is 6.23. The maximum absolute atomic E-state index is 14.2. The number of hydrogen-bond acceptors (Lipinski definition) is 3. The predicted molar refractivity (Wildman–Crippen MR) is 99.4 cm³/mol. The summed E-state index contributed by atoms with van der Waals surface area (Å²) < 4.78 is 17.1. The van der Waals surface area contributed by atoms with Gasteiger partial charge in [0.05, 0.1) is 5.69 Å². The van der Waals surface area contributed by atoms with Gasteiger partial charge in [0.2, 0.25) is 3.79 Å². The molecule has 1 aromatic heterocycles. The second-order valence-corrected chi connectivity index (χ2v) is 8.19. The monoisotopic (exact) mass is 424 g/mol. The van der Waals surface area contributed by atoms with Crippen molar-refractivity contribution in [2.45, 2.75) is 17.6 Å². The Hall–Kier alpha value is -1.27. The Balaban J connectivity index is 2.30. The fourth-order valence-corrected chi connectivity index (χ4v) is 2.57. The highest BCUT2D eigenvalue weighted by molar-refractivity contribution is 6.67. The number of aryl methyl sites for hydroxylation is 2. The minimum absolute atomic E-state index is 0.0690. The summed E-state index contributed by atoms with van der Waals surface area (Å²) in [7, 11) is 0. The Bertz CT molecular complexity index is 789. The number of benzene rings is 1. The van der Waals surface area contributed by atoms with Gasteiger partial charge in [-0.15, -0.1) is 0 Å².